The summed E-state index contributed by atoms with van der Waals surface area (Å²) in [6, 6.07) is 0.275. The number of amides is 1. The molecule has 0 radical (unpaired) electrons. The van der Waals surface area contributed by atoms with E-state index in [0.29, 0.717) is 5.56 Å². The Bertz CT molecular complexity index is 626. The van der Waals surface area contributed by atoms with Crippen LogP contribution in [0.5, 0.6) is 0 Å². The topological polar surface area (TPSA) is 104 Å². The Balaban J connectivity index is 2.76. The molecule has 1 aromatic heterocycles. The molecule has 0 aliphatic rings. The van der Waals surface area contributed by atoms with Crippen LogP contribution in [0.15, 0.2) is 18.3 Å². The summed E-state index contributed by atoms with van der Waals surface area (Å²) in [7, 11) is 1.21. The molecule has 0 fully saturated rings. The summed E-state index contributed by atoms with van der Waals surface area (Å²) < 4.78 is 22.9. The van der Waals surface area contributed by atoms with Crippen molar-refractivity contribution in [3.63, 3.8) is 0 Å². The van der Waals surface area contributed by atoms with Crippen LogP contribution in [-0.4, -0.2) is 35.8 Å². The average molecular weight is 339 g/mol. The molecule has 1 atom stereocenters. The summed E-state index contributed by atoms with van der Waals surface area (Å²) in [5, 5.41) is 2.43. The van der Waals surface area contributed by atoms with E-state index in [4.69, 9.17) is 10.5 Å². The first-order valence-corrected chi connectivity index (χ1v) is 7.27. The molecule has 0 unspecified atom stereocenters. The number of hydrogen-bond acceptors (Lipinski definition) is 6. The number of esters is 1. The van der Waals surface area contributed by atoms with Crippen molar-refractivity contribution in [3.05, 3.63) is 29.7 Å². The largest absolute Gasteiger partial charge is 0.467 e. The second kappa shape index (κ2) is 8.28. The number of alkyl carbamates (subject to hydrolysis) is 1. The fourth-order valence-corrected chi connectivity index (χ4v) is 1.74. The van der Waals surface area contributed by atoms with Gasteiger partial charge in [0.1, 0.15) is 23.3 Å². The Morgan fingerprint density at radius 1 is 1.46 bits per heavy atom. The minimum atomic E-state index is -0.941. The maximum atomic E-state index is 13.1. The zero-order chi connectivity index (χ0) is 18.3. The molecule has 1 heterocycles. The van der Waals surface area contributed by atoms with Crippen LogP contribution in [0.25, 0.3) is 6.08 Å². The first kappa shape index (κ1) is 19.4. The van der Waals surface area contributed by atoms with Crippen LogP contribution in [0.1, 0.15) is 32.8 Å². The molecule has 1 amide bonds. The fraction of sp³-hybridized carbons (Fsp3) is 0.438. The van der Waals surface area contributed by atoms with Crippen LogP contribution >= 0.6 is 0 Å². The summed E-state index contributed by atoms with van der Waals surface area (Å²) in [6.45, 7) is 5.12. The molecule has 0 aliphatic heterocycles. The van der Waals surface area contributed by atoms with Gasteiger partial charge in [-0.15, -0.1) is 0 Å². The van der Waals surface area contributed by atoms with Crippen molar-refractivity contribution < 1.29 is 23.5 Å². The Kier molecular flexibility index (Phi) is 6.69. The van der Waals surface area contributed by atoms with Gasteiger partial charge in [0, 0.05) is 5.56 Å². The molecule has 1 rings (SSSR count). The van der Waals surface area contributed by atoms with Gasteiger partial charge in [-0.2, -0.15) is 0 Å². The minimum absolute atomic E-state index is 0.113. The van der Waals surface area contributed by atoms with Crippen LogP contribution in [0.2, 0.25) is 0 Å². The van der Waals surface area contributed by atoms with Crippen molar-refractivity contribution in [1.29, 1.82) is 0 Å². The van der Waals surface area contributed by atoms with E-state index in [9.17, 15) is 14.0 Å². The predicted octanol–water partition coefficient (Wildman–Crippen LogP) is 2.27. The second-order valence-corrected chi connectivity index (χ2v) is 5.99. The summed E-state index contributed by atoms with van der Waals surface area (Å²) in [5.41, 5.74) is 5.31. The number of aromatic nitrogens is 1. The van der Waals surface area contributed by atoms with Gasteiger partial charge in [0.2, 0.25) is 0 Å². The zero-order valence-electron chi connectivity index (χ0n) is 14.1. The number of carbonyl (C=O) groups is 2. The van der Waals surface area contributed by atoms with E-state index in [1.807, 2.05) is 0 Å². The number of rotatable bonds is 5. The number of anilines is 1. The first-order valence-electron chi connectivity index (χ1n) is 7.27. The third-order valence-corrected chi connectivity index (χ3v) is 2.76. The molecule has 0 saturated heterocycles. The molecular formula is C16H22FN3O4. The normalized spacial score (nSPS) is 12.7. The molecule has 0 bridgehead atoms. The highest BCUT2D eigenvalue weighted by molar-refractivity contribution is 5.81. The van der Waals surface area contributed by atoms with Gasteiger partial charge in [0.25, 0.3) is 0 Å². The third kappa shape index (κ3) is 6.64. The Hall–Kier alpha value is -2.64. The van der Waals surface area contributed by atoms with Gasteiger partial charge < -0.3 is 20.5 Å². The van der Waals surface area contributed by atoms with Gasteiger partial charge >= 0.3 is 12.1 Å². The number of methoxy groups -OCH3 is 1. The van der Waals surface area contributed by atoms with Crippen molar-refractivity contribution in [3.8, 4) is 0 Å². The van der Waals surface area contributed by atoms with E-state index >= 15 is 0 Å². The Morgan fingerprint density at radius 2 is 2.12 bits per heavy atom. The molecular weight excluding hydrogens is 317 g/mol. The van der Waals surface area contributed by atoms with E-state index in [-0.39, 0.29) is 12.2 Å². The molecule has 0 aromatic carbocycles. The van der Waals surface area contributed by atoms with Gasteiger partial charge in [0.05, 0.1) is 13.3 Å². The fourth-order valence-electron chi connectivity index (χ4n) is 1.74. The standard InChI is InChI=1S/C16H22FN3O4/c1-16(2,3)24-15(22)20-12(14(21)23-4)7-5-6-10-8-11(17)9-19-13(10)18/h5-6,8-9,12H,7H2,1-4H3,(H2,18,19)(H,20,22)/b6-5+/t12-/m0/s1. The highest BCUT2D eigenvalue weighted by atomic mass is 19.1. The lowest BCUT2D eigenvalue weighted by Gasteiger charge is -2.22. The highest BCUT2D eigenvalue weighted by Gasteiger charge is 2.23. The molecule has 1 aromatic rings. The number of ether oxygens (including phenoxy) is 2. The first-order chi connectivity index (χ1) is 11.1. The van der Waals surface area contributed by atoms with Gasteiger partial charge in [-0.05, 0) is 33.3 Å². The van der Waals surface area contributed by atoms with Crippen molar-refractivity contribution in [2.24, 2.45) is 0 Å². The SMILES string of the molecule is COC(=O)[C@H](C/C=C/c1cc(F)cnc1N)NC(=O)OC(C)(C)C. The number of hydrogen-bond donors (Lipinski definition) is 2. The summed E-state index contributed by atoms with van der Waals surface area (Å²) in [5.74, 6) is -1.00. The molecule has 0 saturated carbocycles. The van der Waals surface area contributed by atoms with Crippen LogP contribution in [0.3, 0.4) is 0 Å². The average Bonchev–Trinajstić information content (AvgIpc) is 2.47. The number of nitrogens with zero attached hydrogens (tertiary/aromatic N) is 1. The molecule has 0 aliphatic carbocycles. The quantitative estimate of drug-likeness (QED) is 0.798. The molecule has 8 heteroatoms. The third-order valence-electron chi connectivity index (χ3n) is 2.76. The molecule has 24 heavy (non-hydrogen) atoms. The molecule has 0 spiro atoms. The number of nitrogens with two attached hydrogens (primary N) is 1. The number of carbonyl (C=O) groups excluding carboxylic acids is 2. The van der Waals surface area contributed by atoms with Crippen LogP contribution < -0.4 is 11.1 Å². The summed E-state index contributed by atoms with van der Waals surface area (Å²) >= 11 is 0. The van der Waals surface area contributed by atoms with Gasteiger partial charge in [-0.3, -0.25) is 0 Å². The smallest absolute Gasteiger partial charge is 0.408 e. The maximum Gasteiger partial charge on any atom is 0.408 e. The number of nitrogens with one attached hydrogen (secondary N) is 1. The number of nitrogen functional groups attached to an aromatic ring is 1. The summed E-state index contributed by atoms with van der Waals surface area (Å²) in [4.78, 5) is 27.2. The maximum absolute atomic E-state index is 13.1. The van der Waals surface area contributed by atoms with Crippen LogP contribution in [-0.2, 0) is 14.3 Å². The van der Waals surface area contributed by atoms with E-state index < -0.39 is 29.5 Å². The van der Waals surface area contributed by atoms with Gasteiger partial charge in [-0.1, -0.05) is 12.2 Å². The van der Waals surface area contributed by atoms with Crippen molar-refractivity contribution in [1.82, 2.24) is 10.3 Å². The predicted molar refractivity (Wildman–Crippen MR) is 87.4 cm³/mol. The highest BCUT2D eigenvalue weighted by Crippen LogP contribution is 2.13. The van der Waals surface area contributed by atoms with Crippen LogP contribution in [0.4, 0.5) is 15.0 Å². The van der Waals surface area contributed by atoms with Crippen molar-refractivity contribution >= 4 is 24.0 Å². The minimum Gasteiger partial charge on any atom is -0.467 e. The monoisotopic (exact) mass is 339 g/mol. The second-order valence-electron chi connectivity index (χ2n) is 5.99. The van der Waals surface area contributed by atoms with Gasteiger partial charge in [0.15, 0.2) is 0 Å². The lowest BCUT2D eigenvalue weighted by atomic mass is 10.1. The lowest BCUT2D eigenvalue weighted by molar-refractivity contribution is -0.143. The zero-order valence-corrected chi connectivity index (χ0v) is 14.1. The molecule has 132 valence electrons. The number of pyridine rings is 1. The Labute approximate surface area is 140 Å². The molecule has 3 N–H and O–H groups in total. The van der Waals surface area contributed by atoms with Gasteiger partial charge in [-0.25, -0.2) is 19.0 Å². The molecule has 7 nitrogen and oxygen atoms in total. The van der Waals surface area contributed by atoms with Crippen molar-refractivity contribution in [2.75, 3.05) is 12.8 Å². The number of halogens is 1. The van der Waals surface area contributed by atoms with E-state index in [2.05, 4.69) is 15.0 Å². The van der Waals surface area contributed by atoms with E-state index in [1.165, 1.54) is 19.3 Å². The lowest BCUT2D eigenvalue weighted by Crippen LogP contribution is -2.43. The van der Waals surface area contributed by atoms with Crippen molar-refractivity contribution in [2.45, 2.75) is 38.8 Å². The summed E-state index contributed by atoms with van der Waals surface area (Å²) in [6.07, 6.45) is 3.46. The van der Waals surface area contributed by atoms with E-state index in [1.54, 1.807) is 26.8 Å². The van der Waals surface area contributed by atoms with Crippen LogP contribution in [0, 0.1) is 5.82 Å². The Morgan fingerprint density at radius 3 is 2.71 bits per heavy atom. The van der Waals surface area contributed by atoms with E-state index in [0.717, 1.165) is 6.20 Å².